The maximum atomic E-state index is 11.8. The molecular formula is C16H17BrN2O3S2. The number of carbonyl (C=O) groups excluding carboxylic acids is 1. The highest BCUT2D eigenvalue weighted by Gasteiger charge is 2.08. The summed E-state index contributed by atoms with van der Waals surface area (Å²) in [6, 6.07) is 11.0. The zero-order valence-corrected chi connectivity index (χ0v) is 16.2. The van der Waals surface area contributed by atoms with Crippen molar-refractivity contribution in [2.24, 2.45) is 0 Å². The van der Waals surface area contributed by atoms with E-state index in [-0.39, 0.29) is 11.7 Å². The van der Waals surface area contributed by atoms with Crippen LogP contribution in [0.15, 0.2) is 46.3 Å². The zero-order chi connectivity index (χ0) is 17.6. The fourth-order valence-electron chi connectivity index (χ4n) is 1.87. The van der Waals surface area contributed by atoms with E-state index in [4.69, 9.17) is 0 Å². The minimum absolute atomic E-state index is 0.0603. The Morgan fingerprint density at radius 3 is 2.42 bits per heavy atom. The van der Waals surface area contributed by atoms with Gasteiger partial charge >= 0.3 is 0 Å². The van der Waals surface area contributed by atoms with Gasteiger partial charge in [0.15, 0.2) is 0 Å². The molecule has 2 rings (SSSR count). The van der Waals surface area contributed by atoms with Crippen LogP contribution < -0.4 is 10.0 Å². The third-order valence-electron chi connectivity index (χ3n) is 3.15. The van der Waals surface area contributed by atoms with Crippen molar-refractivity contribution in [3.63, 3.8) is 0 Å². The fraction of sp³-hybridized carbons (Fsp3) is 0.188. The summed E-state index contributed by atoms with van der Waals surface area (Å²) in [5, 5.41) is 2.79. The van der Waals surface area contributed by atoms with Crippen LogP contribution in [0.5, 0.6) is 0 Å². The Morgan fingerprint density at radius 2 is 1.83 bits per heavy atom. The Morgan fingerprint density at radius 1 is 1.17 bits per heavy atom. The molecule has 0 spiro atoms. The molecule has 0 radical (unpaired) electrons. The summed E-state index contributed by atoms with van der Waals surface area (Å²) in [5.41, 5.74) is 1.60. The number of hydrogen-bond donors (Lipinski definition) is 2. The van der Waals surface area contributed by atoms with E-state index in [1.54, 1.807) is 41.7 Å². The highest BCUT2D eigenvalue weighted by Crippen LogP contribution is 2.22. The van der Waals surface area contributed by atoms with Gasteiger partial charge in [-0.15, -0.1) is 11.3 Å². The molecule has 0 saturated heterocycles. The van der Waals surface area contributed by atoms with E-state index in [9.17, 15) is 13.2 Å². The lowest BCUT2D eigenvalue weighted by Gasteiger charge is -2.05. The summed E-state index contributed by atoms with van der Waals surface area (Å²) in [7, 11) is -1.88. The number of benzene rings is 1. The van der Waals surface area contributed by atoms with E-state index in [0.29, 0.717) is 12.1 Å². The lowest BCUT2D eigenvalue weighted by Crippen LogP contribution is -2.21. The summed E-state index contributed by atoms with van der Waals surface area (Å²) in [5.74, 6) is -0.240. The zero-order valence-electron chi connectivity index (χ0n) is 13.0. The molecule has 1 aromatic carbocycles. The molecule has 1 aromatic heterocycles. The third-order valence-corrected chi connectivity index (χ3v) is 6.07. The van der Waals surface area contributed by atoms with Gasteiger partial charge in [-0.2, -0.15) is 0 Å². The van der Waals surface area contributed by atoms with E-state index in [2.05, 4.69) is 26.0 Å². The quantitative estimate of drug-likeness (QED) is 0.665. The smallest absolute Gasteiger partial charge is 0.244 e. The number of amides is 1. The molecule has 8 heteroatoms. The van der Waals surface area contributed by atoms with E-state index in [1.165, 1.54) is 13.1 Å². The number of halogens is 1. The van der Waals surface area contributed by atoms with Gasteiger partial charge in [-0.3, -0.25) is 4.79 Å². The van der Waals surface area contributed by atoms with Gasteiger partial charge in [0.1, 0.15) is 0 Å². The molecule has 128 valence electrons. The Kier molecular flexibility index (Phi) is 6.73. The Balaban J connectivity index is 1.85. The van der Waals surface area contributed by atoms with Gasteiger partial charge in [0.25, 0.3) is 0 Å². The van der Waals surface area contributed by atoms with Crippen molar-refractivity contribution in [1.29, 1.82) is 0 Å². The van der Waals surface area contributed by atoms with Gasteiger partial charge in [-0.05, 0) is 52.3 Å². The minimum atomic E-state index is -3.27. The first-order chi connectivity index (χ1) is 11.4. The van der Waals surface area contributed by atoms with Crippen LogP contribution >= 0.6 is 27.3 Å². The molecule has 1 heterocycles. The standard InChI is InChI=1S/C16H17BrN2O3S2/c1-18-24(21,22)11-13-4-2-12(3-5-13)10-19-16(20)9-7-14-6-8-15(17)23-14/h2-9,18H,10-11H2,1H3,(H,19,20)/b9-7+. The molecule has 24 heavy (non-hydrogen) atoms. The molecule has 2 aromatic rings. The Hall–Kier alpha value is -1.48. The van der Waals surface area contributed by atoms with Gasteiger partial charge in [0.2, 0.25) is 15.9 Å². The average molecular weight is 429 g/mol. The first-order valence-electron chi connectivity index (χ1n) is 7.08. The maximum Gasteiger partial charge on any atom is 0.244 e. The normalized spacial score (nSPS) is 11.8. The molecule has 5 nitrogen and oxygen atoms in total. The van der Waals surface area contributed by atoms with Crippen LogP contribution in [-0.2, 0) is 27.1 Å². The Bertz CT molecular complexity index is 827. The molecule has 2 N–H and O–H groups in total. The molecule has 0 aliphatic carbocycles. The second kappa shape index (κ2) is 8.57. The molecular weight excluding hydrogens is 412 g/mol. The van der Waals surface area contributed by atoms with Gasteiger partial charge in [0.05, 0.1) is 9.54 Å². The van der Waals surface area contributed by atoms with Crippen molar-refractivity contribution >= 4 is 49.3 Å². The maximum absolute atomic E-state index is 11.8. The molecule has 0 atom stereocenters. The van der Waals surface area contributed by atoms with Crippen LogP contribution in [-0.4, -0.2) is 21.4 Å². The minimum Gasteiger partial charge on any atom is -0.348 e. The Labute approximate surface area is 154 Å². The van der Waals surface area contributed by atoms with E-state index in [0.717, 1.165) is 14.2 Å². The van der Waals surface area contributed by atoms with Gasteiger partial charge < -0.3 is 5.32 Å². The summed E-state index contributed by atoms with van der Waals surface area (Å²) in [4.78, 5) is 12.8. The highest BCUT2D eigenvalue weighted by molar-refractivity contribution is 9.11. The summed E-state index contributed by atoms with van der Waals surface area (Å²) in [6.45, 7) is 0.385. The lowest BCUT2D eigenvalue weighted by molar-refractivity contribution is -0.116. The lowest BCUT2D eigenvalue weighted by atomic mass is 10.1. The number of sulfonamides is 1. The molecule has 0 unspecified atom stereocenters. The van der Waals surface area contributed by atoms with Crippen LogP contribution in [0, 0.1) is 0 Å². The topological polar surface area (TPSA) is 75.3 Å². The van der Waals surface area contributed by atoms with Gasteiger partial charge in [-0.1, -0.05) is 24.3 Å². The number of rotatable bonds is 7. The van der Waals surface area contributed by atoms with Crippen LogP contribution in [0.4, 0.5) is 0 Å². The second-order valence-corrected chi connectivity index (χ2v) is 9.39. The number of carbonyl (C=O) groups is 1. The predicted molar refractivity (Wildman–Crippen MR) is 101 cm³/mol. The second-order valence-electron chi connectivity index (χ2n) is 4.97. The summed E-state index contributed by atoms with van der Waals surface area (Å²) in [6.07, 6.45) is 3.25. The number of thiophene rings is 1. The van der Waals surface area contributed by atoms with Crippen molar-refractivity contribution in [3.05, 3.63) is 62.3 Å². The third kappa shape index (κ3) is 6.20. The van der Waals surface area contributed by atoms with E-state index in [1.807, 2.05) is 12.1 Å². The van der Waals surface area contributed by atoms with Crippen LogP contribution in [0.2, 0.25) is 0 Å². The predicted octanol–water partition coefficient (Wildman–Crippen LogP) is 2.89. The highest BCUT2D eigenvalue weighted by atomic mass is 79.9. The number of nitrogens with one attached hydrogen (secondary N) is 2. The first-order valence-corrected chi connectivity index (χ1v) is 10.3. The van der Waals surface area contributed by atoms with Crippen molar-refractivity contribution in [2.75, 3.05) is 7.05 Å². The van der Waals surface area contributed by atoms with Crippen molar-refractivity contribution in [3.8, 4) is 0 Å². The fourth-order valence-corrected chi connectivity index (χ4v) is 3.97. The van der Waals surface area contributed by atoms with Gasteiger partial charge in [-0.25, -0.2) is 13.1 Å². The van der Waals surface area contributed by atoms with Crippen LogP contribution in [0.3, 0.4) is 0 Å². The molecule has 0 bridgehead atoms. The first kappa shape index (κ1) is 18.9. The van der Waals surface area contributed by atoms with Crippen LogP contribution in [0.25, 0.3) is 6.08 Å². The van der Waals surface area contributed by atoms with Crippen molar-refractivity contribution in [2.45, 2.75) is 12.3 Å². The van der Waals surface area contributed by atoms with E-state index < -0.39 is 10.0 Å². The largest absolute Gasteiger partial charge is 0.348 e. The molecule has 0 fully saturated rings. The molecule has 0 saturated carbocycles. The summed E-state index contributed by atoms with van der Waals surface area (Å²) < 4.78 is 26.3. The molecule has 1 amide bonds. The number of hydrogen-bond acceptors (Lipinski definition) is 4. The van der Waals surface area contributed by atoms with Crippen molar-refractivity contribution in [1.82, 2.24) is 10.0 Å². The van der Waals surface area contributed by atoms with E-state index >= 15 is 0 Å². The van der Waals surface area contributed by atoms with Crippen molar-refractivity contribution < 1.29 is 13.2 Å². The molecule has 0 aliphatic rings. The van der Waals surface area contributed by atoms with Crippen LogP contribution in [0.1, 0.15) is 16.0 Å². The average Bonchev–Trinajstić information content (AvgIpc) is 2.97. The molecule has 0 aliphatic heterocycles. The van der Waals surface area contributed by atoms with Gasteiger partial charge in [0, 0.05) is 17.5 Å². The monoisotopic (exact) mass is 428 g/mol. The summed E-state index contributed by atoms with van der Waals surface area (Å²) >= 11 is 4.92. The SMILES string of the molecule is CNS(=O)(=O)Cc1ccc(CNC(=O)/C=C/c2ccc(Br)s2)cc1.